The van der Waals surface area contributed by atoms with Crippen LogP contribution in [0.5, 0.6) is 0 Å². The molecule has 1 aliphatic carbocycles. The zero-order chi connectivity index (χ0) is 12.1. The van der Waals surface area contributed by atoms with Gasteiger partial charge in [0.05, 0.1) is 12.7 Å². The average Bonchev–Trinajstić information content (AvgIpc) is 2.90. The van der Waals surface area contributed by atoms with E-state index in [-0.39, 0.29) is 0 Å². The van der Waals surface area contributed by atoms with E-state index >= 15 is 0 Å². The van der Waals surface area contributed by atoms with Crippen LogP contribution in [0.4, 0.5) is 0 Å². The smallest absolute Gasteiger partial charge is 0.225 e. The predicted molar refractivity (Wildman–Crippen MR) is 71.3 cm³/mol. The van der Waals surface area contributed by atoms with Crippen molar-refractivity contribution in [3.63, 3.8) is 0 Å². The zero-order valence-corrected chi connectivity index (χ0v) is 12.0. The lowest BCUT2D eigenvalue weighted by Gasteiger charge is -2.33. The first kappa shape index (κ1) is 13.3. The summed E-state index contributed by atoms with van der Waals surface area (Å²) in [4.78, 5) is 14.3. The Balaban J connectivity index is 1.72. The molecule has 0 N–H and O–H groups in total. The number of amides is 1. The van der Waals surface area contributed by atoms with E-state index in [1.807, 2.05) is 0 Å². The maximum absolute atomic E-state index is 12.2. The van der Waals surface area contributed by atoms with Gasteiger partial charge in [-0.3, -0.25) is 4.79 Å². The predicted octanol–water partition coefficient (Wildman–Crippen LogP) is 2.58. The summed E-state index contributed by atoms with van der Waals surface area (Å²) in [5.41, 5.74) is 0. The molecule has 0 aromatic carbocycles. The molecule has 1 amide bonds. The summed E-state index contributed by atoms with van der Waals surface area (Å²) in [5.74, 6) is 0.733. The van der Waals surface area contributed by atoms with Crippen LogP contribution >= 0.6 is 15.9 Å². The van der Waals surface area contributed by atoms with Crippen LogP contribution < -0.4 is 0 Å². The number of alkyl halides is 1. The molecule has 1 saturated heterocycles. The first-order valence-electron chi connectivity index (χ1n) is 6.77. The molecule has 2 aliphatic rings. The molecule has 17 heavy (non-hydrogen) atoms. The lowest BCUT2D eigenvalue weighted by molar-refractivity contribution is -0.137. The van der Waals surface area contributed by atoms with Crippen LogP contribution in [0, 0.1) is 5.92 Å². The molecular weight excluding hydrogens is 282 g/mol. The van der Waals surface area contributed by atoms with Gasteiger partial charge in [-0.25, -0.2) is 0 Å². The second kappa shape index (κ2) is 6.74. The largest absolute Gasteiger partial charge is 0.377 e. The summed E-state index contributed by atoms with van der Waals surface area (Å²) in [6.07, 6.45) is 7.07. The zero-order valence-electron chi connectivity index (χ0n) is 10.4. The fourth-order valence-corrected chi connectivity index (χ4v) is 3.07. The number of nitrogens with zero attached hydrogens (tertiary/aromatic N) is 1. The van der Waals surface area contributed by atoms with Gasteiger partial charge in [-0.15, -0.1) is 0 Å². The van der Waals surface area contributed by atoms with Crippen molar-refractivity contribution in [1.82, 2.24) is 4.90 Å². The summed E-state index contributed by atoms with van der Waals surface area (Å²) in [7, 11) is 0. The SMILES string of the molecule is O=C(C1CCCC1)N1CCC(OCCBr)CC1. The number of halogens is 1. The van der Waals surface area contributed by atoms with Crippen LogP contribution in [-0.4, -0.2) is 41.9 Å². The van der Waals surface area contributed by atoms with Crippen LogP contribution in [0.2, 0.25) is 0 Å². The van der Waals surface area contributed by atoms with Crippen molar-refractivity contribution in [2.24, 2.45) is 5.92 Å². The van der Waals surface area contributed by atoms with Gasteiger partial charge < -0.3 is 9.64 Å². The van der Waals surface area contributed by atoms with Crippen molar-refractivity contribution >= 4 is 21.8 Å². The summed E-state index contributed by atoms with van der Waals surface area (Å²) >= 11 is 3.37. The van der Waals surface area contributed by atoms with Gasteiger partial charge in [0.15, 0.2) is 0 Å². The molecule has 0 aromatic rings. The highest BCUT2D eigenvalue weighted by Gasteiger charge is 2.29. The average molecular weight is 304 g/mol. The maximum Gasteiger partial charge on any atom is 0.225 e. The molecule has 3 nitrogen and oxygen atoms in total. The Morgan fingerprint density at radius 2 is 1.82 bits per heavy atom. The molecule has 4 heteroatoms. The Morgan fingerprint density at radius 3 is 2.41 bits per heavy atom. The van der Waals surface area contributed by atoms with Crippen molar-refractivity contribution < 1.29 is 9.53 Å². The molecule has 0 bridgehead atoms. The van der Waals surface area contributed by atoms with Crippen LogP contribution in [-0.2, 0) is 9.53 Å². The summed E-state index contributed by atoms with van der Waals surface area (Å²) in [6, 6.07) is 0. The summed E-state index contributed by atoms with van der Waals surface area (Å²) in [5, 5.41) is 0.897. The molecule has 1 aliphatic heterocycles. The Morgan fingerprint density at radius 1 is 1.18 bits per heavy atom. The number of likely N-dealkylation sites (tertiary alicyclic amines) is 1. The monoisotopic (exact) mass is 303 g/mol. The molecule has 0 atom stereocenters. The van der Waals surface area contributed by atoms with E-state index in [0.29, 0.717) is 17.9 Å². The molecule has 2 rings (SSSR count). The van der Waals surface area contributed by atoms with Crippen LogP contribution in [0.3, 0.4) is 0 Å². The molecule has 1 saturated carbocycles. The van der Waals surface area contributed by atoms with E-state index in [0.717, 1.165) is 50.7 Å². The van der Waals surface area contributed by atoms with Crippen LogP contribution in [0.1, 0.15) is 38.5 Å². The third-order valence-electron chi connectivity index (χ3n) is 3.89. The Labute approximate surface area is 112 Å². The van der Waals surface area contributed by atoms with E-state index in [9.17, 15) is 4.79 Å². The second-order valence-electron chi connectivity index (χ2n) is 5.07. The molecule has 0 spiro atoms. The van der Waals surface area contributed by atoms with Crippen molar-refractivity contribution in [3.05, 3.63) is 0 Å². The number of hydrogen-bond acceptors (Lipinski definition) is 2. The molecule has 1 heterocycles. The van der Waals surface area contributed by atoms with E-state index in [1.165, 1.54) is 12.8 Å². The molecular formula is C13H22BrNO2. The van der Waals surface area contributed by atoms with Crippen molar-refractivity contribution in [3.8, 4) is 0 Å². The van der Waals surface area contributed by atoms with Crippen LogP contribution in [0.25, 0.3) is 0 Å². The van der Waals surface area contributed by atoms with Gasteiger partial charge in [0.1, 0.15) is 0 Å². The first-order chi connectivity index (χ1) is 8.31. The van der Waals surface area contributed by atoms with Gasteiger partial charge in [0, 0.05) is 24.3 Å². The van der Waals surface area contributed by atoms with Gasteiger partial charge in [-0.1, -0.05) is 28.8 Å². The summed E-state index contributed by atoms with van der Waals surface area (Å²) in [6.45, 7) is 2.56. The highest BCUT2D eigenvalue weighted by atomic mass is 79.9. The van der Waals surface area contributed by atoms with E-state index in [1.54, 1.807) is 0 Å². The highest BCUT2D eigenvalue weighted by molar-refractivity contribution is 9.09. The molecule has 0 radical (unpaired) electrons. The normalized spacial score (nSPS) is 23.2. The Bertz CT molecular complexity index is 246. The number of piperidine rings is 1. The topological polar surface area (TPSA) is 29.5 Å². The second-order valence-corrected chi connectivity index (χ2v) is 5.86. The van der Waals surface area contributed by atoms with Crippen molar-refractivity contribution in [2.45, 2.75) is 44.6 Å². The fourth-order valence-electron chi connectivity index (χ4n) is 2.89. The molecule has 0 aromatic heterocycles. The maximum atomic E-state index is 12.2. The third-order valence-corrected chi connectivity index (χ3v) is 4.21. The molecule has 0 unspecified atom stereocenters. The van der Waals surface area contributed by atoms with Gasteiger partial charge in [0.25, 0.3) is 0 Å². The van der Waals surface area contributed by atoms with Gasteiger partial charge in [0.2, 0.25) is 5.91 Å². The Hall–Kier alpha value is -0.0900. The van der Waals surface area contributed by atoms with Crippen molar-refractivity contribution in [2.75, 3.05) is 25.0 Å². The van der Waals surface area contributed by atoms with E-state index < -0.39 is 0 Å². The Kier molecular flexibility index (Phi) is 5.29. The number of rotatable bonds is 4. The lowest BCUT2D eigenvalue weighted by Crippen LogP contribution is -2.43. The van der Waals surface area contributed by atoms with Gasteiger partial charge >= 0.3 is 0 Å². The number of hydrogen-bond donors (Lipinski definition) is 0. The fraction of sp³-hybridized carbons (Fsp3) is 0.923. The van der Waals surface area contributed by atoms with Crippen LogP contribution in [0.15, 0.2) is 0 Å². The number of carbonyl (C=O) groups excluding carboxylic acids is 1. The summed E-state index contributed by atoms with van der Waals surface area (Å²) < 4.78 is 5.70. The third kappa shape index (κ3) is 3.68. The van der Waals surface area contributed by atoms with Gasteiger partial charge in [-0.2, -0.15) is 0 Å². The number of ether oxygens (including phenoxy) is 1. The number of carbonyl (C=O) groups is 1. The minimum atomic E-state index is 0.329. The minimum absolute atomic E-state index is 0.329. The minimum Gasteiger partial charge on any atom is -0.377 e. The standard InChI is InChI=1S/C13H22BrNO2/c14-7-10-17-12-5-8-15(9-6-12)13(16)11-3-1-2-4-11/h11-12H,1-10H2. The van der Waals surface area contributed by atoms with E-state index in [4.69, 9.17) is 4.74 Å². The van der Waals surface area contributed by atoms with Gasteiger partial charge in [-0.05, 0) is 25.7 Å². The quantitative estimate of drug-likeness (QED) is 0.747. The van der Waals surface area contributed by atoms with E-state index in [2.05, 4.69) is 20.8 Å². The highest BCUT2D eigenvalue weighted by Crippen LogP contribution is 2.27. The lowest BCUT2D eigenvalue weighted by atomic mass is 10.0. The van der Waals surface area contributed by atoms with Crippen molar-refractivity contribution in [1.29, 1.82) is 0 Å². The molecule has 98 valence electrons. The first-order valence-corrected chi connectivity index (χ1v) is 7.89. The molecule has 2 fully saturated rings.